The highest BCUT2D eigenvalue weighted by atomic mass is 19.4. The molecular formula is C18H24F3N3O. The monoisotopic (exact) mass is 355 g/mol. The second-order valence-corrected chi connectivity index (χ2v) is 7.06. The molecule has 3 atom stereocenters. The summed E-state index contributed by atoms with van der Waals surface area (Å²) in [6.45, 7) is -0.0389. The summed E-state index contributed by atoms with van der Waals surface area (Å²) in [7, 11) is 1.57. The normalized spacial score (nSPS) is 26.3. The number of carbonyl (C=O) groups excluding carboxylic acids is 1. The first-order chi connectivity index (χ1) is 11.9. The Morgan fingerprint density at radius 2 is 1.92 bits per heavy atom. The topological polar surface area (TPSA) is 44.4 Å². The van der Waals surface area contributed by atoms with Gasteiger partial charge in [0.1, 0.15) is 0 Å². The Bertz CT molecular complexity index is 620. The van der Waals surface area contributed by atoms with Crippen LogP contribution in [0.1, 0.15) is 43.2 Å². The fourth-order valence-corrected chi connectivity index (χ4v) is 3.97. The van der Waals surface area contributed by atoms with Crippen molar-refractivity contribution in [3.05, 3.63) is 35.4 Å². The quantitative estimate of drug-likeness (QED) is 0.872. The molecule has 1 saturated carbocycles. The van der Waals surface area contributed by atoms with Crippen LogP contribution in [0.25, 0.3) is 0 Å². The molecule has 1 aromatic carbocycles. The zero-order valence-electron chi connectivity index (χ0n) is 14.3. The van der Waals surface area contributed by atoms with Crippen LogP contribution in [0.3, 0.4) is 0 Å². The van der Waals surface area contributed by atoms with Crippen molar-refractivity contribution in [2.45, 2.75) is 56.9 Å². The Hall–Kier alpha value is -1.60. The van der Waals surface area contributed by atoms with Crippen molar-refractivity contribution in [1.82, 2.24) is 15.8 Å². The van der Waals surface area contributed by atoms with Gasteiger partial charge in [-0.05, 0) is 30.4 Å². The molecule has 0 radical (unpaired) electrons. The summed E-state index contributed by atoms with van der Waals surface area (Å²) in [5.41, 5.74) is 5.91. The molecule has 138 valence electrons. The first kappa shape index (κ1) is 18.2. The van der Waals surface area contributed by atoms with E-state index in [-0.39, 0.29) is 24.1 Å². The van der Waals surface area contributed by atoms with Crippen molar-refractivity contribution < 1.29 is 18.0 Å². The number of hydrogen-bond donors (Lipinski definition) is 2. The molecular weight excluding hydrogens is 331 g/mol. The number of hydrazine groups is 1. The number of halogens is 3. The Morgan fingerprint density at radius 3 is 2.68 bits per heavy atom. The minimum absolute atomic E-state index is 0.0389. The van der Waals surface area contributed by atoms with Crippen molar-refractivity contribution >= 4 is 5.91 Å². The van der Waals surface area contributed by atoms with Gasteiger partial charge in [0.05, 0.1) is 5.56 Å². The lowest BCUT2D eigenvalue weighted by molar-refractivity contribution is -0.139. The van der Waals surface area contributed by atoms with Crippen LogP contribution in [0.2, 0.25) is 0 Å². The van der Waals surface area contributed by atoms with Gasteiger partial charge in [0.15, 0.2) is 0 Å². The molecule has 1 aliphatic heterocycles. The zero-order valence-corrected chi connectivity index (χ0v) is 14.3. The van der Waals surface area contributed by atoms with Gasteiger partial charge < -0.3 is 4.90 Å². The Labute approximate surface area is 145 Å². The first-order valence-corrected chi connectivity index (χ1v) is 8.76. The minimum atomic E-state index is -4.41. The molecule has 3 unspecified atom stereocenters. The van der Waals surface area contributed by atoms with Crippen LogP contribution < -0.4 is 10.9 Å². The SMILES string of the molecule is CN(Cc1ccccc1C(F)(F)F)C(=O)CC1NNC2CCCCC21. The number of amides is 1. The summed E-state index contributed by atoms with van der Waals surface area (Å²) >= 11 is 0. The van der Waals surface area contributed by atoms with Gasteiger partial charge in [0.25, 0.3) is 0 Å². The van der Waals surface area contributed by atoms with Gasteiger partial charge in [0, 0.05) is 32.1 Å². The molecule has 25 heavy (non-hydrogen) atoms. The molecule has 2 fully saturated rings. The highest BCUT2D eigenvalue weighted by Crippen LogP contribution is 2.33. The van der Waals surface area contributed by atoms with E-state index in [1.807, 2.05) is 0 Å². The second kappa shape index (κ2) is 7.33. The van der Waals surface area contributed by atoms with E-state index in [4.69, 9.17) is 0 Å². The van der Waals surface area contributed by atoms with E-state index < -0.39 is 11.7 Å². The van der Waals surface area contributed by atoms with Crippen LogP contribution in [0, 0.1) is 5.92 Å². The number of rotatable bonds is 4. The Balaban J connectivity index is 1.62. The van der Waals surface area contributed by atoms with E-state index in [1.54, 1.807) is 13.1 Å². The van der Waals surface area contributed by atoms with Crippen molar-refractivity contribution in [2.24, 2.45) is 5.92 Å². The van der Waals surface area contributed by atoms with E-state index in [0.717, 1.165) is 18.9 Å². The van der Waals surface area contributed by atoms with Gasteiger partial charge in [-0.1, -0.05) is 31.0 Å². The van der Waals surface area contributed by atoms with Gasteiger partial charge >= 0.3 is 6.18 Å². The second-order valence-electron chi connectivity index (χ2n) is 7.06. The number of benzene rings is 1. The van der Waals surface area contributed by atoms with Crippen LogP contribution in [0.15, 0.2) is 24.3 Å². The fourth-order valence-electron chi connectivity index (χ4n) is 3.97. The summed E-state index contributed by atoms with van der Waals surface area (Å²) in [6.07, 6.45) is 0.459. The molecule has 2 aliphatic rings. The number of nitrogens with zero attached hydrogens (tertiary/aromatic N) is 1. The molecule has 2 N–H and O–H groups in total. The number of nitrogens with one attached hydrogen (secondary N) is 2. The molecule has 1 saturated heterocycles. The van der Waals surface area contributed by atoms with E-state index in [2.05, 4.69) is 10.9 Å². The average Bonchev–Trinajstić information content (AvgIpc) is 2.97. The molecule has 1 aromatic rings. The third-order valence-corrected chi connectivity index (χ3v) is 5.34. The summed E-state index contributed by atoms with van der Waals surface area (Å²) < 4.78 is 39.3. The van der Waals surface area contributed by atoms with Gasteiger partial charge in [0.2, 0.25) is 5.91 Å². The third kappa shape index (κ3) is 4.15. The minimum Gasteiger partial charge on any atom is -0.341 e. The summed E-state index contributed by atoms with van der Waals surface area (Å²) in [6, 6.07) is 5.88. The van der Waals surface area contributed by atoms with Gasteiger partial charge in [-0.15, -0.1) is 0 Å². The lowest BCUT2D eigenvalue weighted by atomic mass is 9.81. The van der Waals surface area contributed by atoms with E-state index in [0.29, 0.717) is 18.4 Å². The van der Waals surface area contributed by atoms with Gasteiger partial charge in [-0.2, -0.15) is 13.2 Å². The fraction of sp³-hybridized carbons (Fsp3) is 0.611. The van der Waals surface area contributed by atoms with Gasteiger partial charge in [-0.3, -0.25) is 15.6 Å². The Morgan fingerprint density at radius 1 is 1.20 bits per heavy atom. The smallest absolute Gasteiger partial charge is 0.341 e. The number of alkyl halides is 3. The van der Waals surface area contributed by atoms with Crippen molar-refractivity contribution in [3.63, 3.8) is 0 Å². The van der Waals surface area contributed by atoms with Crippen LogP contribution in [0.4, 0.5) is 13.2 Å². The number of carbonyl (C=O) groups is 1. The maximum absolute atomic E-state index is 13.1. The maximum atomic E-state index is 13.1. The third-order valence-electron chi connectivity index (χ3n) is 5.34. The molecule has 7 heteroatoms. The van der Waals surface area contributed by atoms with Crippen molar-refractivity contribution in [2.75, 3.05) is 7.05 Å². The van der Waals surface area contributed by atoms with Crippen LogP contribution in [0.5, 0.6) is 0 Å². The highest BCUT2D eigenvalue weighted by Gasteiger charge is 2.38. The van der Waals surface area contributed by atoms with E-state index >= 15 is 0 Å². The van der Waals surface area contributed by atoms with Crippen LogP contribution >= 0.6 is 0 Å². The molecule has 0 spiro atoms. The summed E-state index contributed by atoms with van der Waals surface area (Å²) in [5.74, 6) is 0.288. The highest BCUT2D eigenvalue weighted by molar-refractivity contribution is 5.76. The summed E-state index contributed by atoms with van der Waals surface area (Å²) in [4.78, 5) is 13.9. The number of fused-ring (bicyclic) bond motifs is 1. The summed E-state index contributed by atoms with van der Waals surface area (Å²) in [5, 5.41) is 0. The molecule has 1 aliphatic carbocycles. The molecule has 4 nitrogen and oxygen atoms in total. The van der Waals surface area contributed by atoms with Crippen LogP contribution in [-0.2, 0) is 17.5 Å². The molecule has 0 aromatic heterocycles. The van der Waals surface area contributed by atoms with Crippen molar-refractivity contribution in [1.29, 1.82) is 0 Å². The zero-order chi connectivity index (χ0) is 18.0. The lowest BCUT2D eigenvalue weighted by Gasteiger charge is -2.28. The standard InChI is InChI=1S/C18H24F3N3O/c1-24(11-12-6-2-4-8-14(12)18(19,20)21)17(25)10-16-13-7-3-5-9-15(13)22-23-16/h2,4,6,8,13,15-16,22-23H,3,5,7,9-11H2,1H3. The van der Waals surface area contributed by atoms with Crippen LogP contribution in [-0.4, -0.2) is 29.9 Å². The molecule has 1 heterocycles. The Kier molecular flexibility index (Phi) is 5.34. The molecule has 3 rings (SSSR count). The molecule has 1 amide bonds. The maximum Gasteiger partial charge on any atom is 0.416 e. The average molecular weight is 355 g/mol. The number of hydrogen-bond acceptors (Lipinski definition) is 3. The lowest BCUT2D eigenvalue weighted by Crippen LogP contribution is -2.38. The predicted molar refractivity (Wildman–Crippen MR) is 88.3 cm³/mol. The van der Waals surface area contributed by atoms with Gasteiger partial charge in [-0.25, -0.2) is 0 Å². The predicted octanol–water partition coefficient (Wildman–Crippen LogP) is 3.09. The first-order valence-electron chi connectivity index (χ1n) is 8.76. The molecule has 0 bridgehead atoms. The van der Waals surface area contributed by atoms with E-state index in [9.17, 15) is 18.0 Å². The largest absolute Gasteiger partial charge is 0.416 e. The van der Waals surface area contributed by atoms with E-state index in [1.165, 1.54) is 29.9 Å². The van der Waals surface area contributed by atoms with Crippen molar-refractivity contribution in [3.8, 4) is 0 Å².